The Morgan fingerprint density at radius 1 is 1.27 bits per heavy atom. The average molecular weight is 201 g/mol. The zero-order chi connectivity index (χ0) is 10.7. The van der Waals surface area contributed by atoms with Crippen molar-refractivity contribution in [2.75, 3.05) is 0 Å². The van der Waals surface area contributed by atoms with Gasteiger partial charge in [-0.05, 0) is 17.5 Å². The molecule has 0 saturated carbocycles. The Morgan fingerprint density at radius 3 is 2.53 bits per heavy atom. The van der Waals surface area contributed by atoms with E-state index in [1.54, 1.807) is 0 Å². The smallest absolute Gasteiger partial charge is 0.0565 e. The fourth-order valence-electron chi connectivity index (χ4n) is 1.57. The molecule has 0 aliphatic heterocycles. The van der Waals surface area contributed by atoms with Gasteiger partial charge in [-0.25, -0.2) is 0 Å². The molecule has 1 aromatic heterocycles. The summed E-state index contributed by atoms with van der Waals surface area (Å²) in [6.07, 6.45) is 4.66. The fraction of sp³-hybridized carbons (Fsp3) is 0.250. The van der Waals surface area contributed by atoms with E-state index in [1.807, 2.05) is 12.4 Å². The van der Waals surface area contributed by atoms with Crippen molar-refractivity contribution in [1.29, 1.82) is 0 Å². The first-order valence-electron chi connectivity index (χ1n) is 5.16. The minimum Gasteiger partial charge on any atom is -0.324 e. The minimum absolute atomic E-state index is 0.142. The van der Waals surface area contributed by atoms with Crippen LogP contribution in [0.2, 0.25) is 0 Å². The lowest BCUT2D eigenvalue weighted by molar-refractivity contribution is 0.699. The molecular weight excluding hydrogens is 186 g/mol. The number of benzene rings is 1. The Morgan fingerprint density at radius 2 is 2.00 bits per heavy atom. The Balaban J connectivity index is 2.25. The summed E-state index contributed by atoms with van der Waals surface area (Å²) in [5.41, 5.74) is 9.40. The highest BCUT2D eigenvalue weighted by Gasteiger charge is 2.03. The number of H-pyrrole nitrogens is 1. The van der Waals surface area contributed by atoms with Crippen LogP contribution in [0.25, 0.3) is 11.1 Å². The van der Waals surface area contributed by atoms with E-state index in [0.717, 1.165) is 17.5 Å². The molecule has 15 heavy (non-hydrogen) atoms. The van der Waals surface area contributed by atoms with E-state index in [9.17, 15) is 0 Å². The van der Waals surface area contributed by atoms with Crippen LogP contribution in [-0.4, -0.2) is 10.2 Å². The maximum absolute atomic E-state index is 5.94. The number of nitrogens with two attached hydrogens (primary N) is 1. The summed E-state index contributed by atoms with van der Waals surface area (Å²) >= 11 is 0. The molecule has 1 unspecified atom stereocenters. The standard InChI is InChI=1S/C12H15N3/c1-2-12(13)10-5-3-9(4-6-10)11-7-14-15-8-11/h3-8,12H,2,13H2,1H3,(H,14,15). The van der Waals surface area contributed by atoms with Crippen molar-refractivity contribution in [3.63, 3.8) is 0 Å². The van der Waals surface area contributed by atoms with Gasteiger partial charge in [-0.15, -0.1) is 0 Å². The number of hydrogen-bond acceptors (Lipinski definition) is 2. The van der Waals surface area contributed by atoms with Gasteiger partial charge in [-0.3, -0.25) is 5.10 Å². The molecule has 0 radical (unpaired) electrons. The Labute approximate surface area is 89.3 Å². The second-order valence-corrected chi connectivity index (χ2v) is 3.62. The number of nitrogens with zero attached hydrogens (tertiary/aromatic N) is 1. The van der Waals surface area contributed by atoms with Crippen LogP contribution in [0.5, 0.6) is 0 Å². The fourth-order valence-corrected chi connectivity index (χ4v) is 1.57. The van der Waals surface area contributed by atoms with Gasteiger partial charge in [-0.2, -0.15) is 5.10 Å². The molecule has 2 aromatic rings. The summed E-state index contributed by atoms with van der Waals surface area (Å²) in [6, 6.07) is 8.46. The molecule has 0 saturated heterocycles. The Bertz CT molecular complexity index is 403. The lowest BCUT2D eigenvalue weighted by Gasteiger charge is -2.09. The van der Waals surface area contributed by atoms with E-state index in [1.165, 1.54) is 5.56 Å². The molecular formula is C12H15N3. The van der Waals surface area contributed by atoms with Gasteiger partial charge >= 0.3 is 0 Å². The van der Waals surface area contributed by atoms with Crippen molar-refractivity contribution in [1.82, 2.24) is 10.2 Å². The molecule has 3 N–H and O–H groups in total. The average Bonchev–Trinajstić information content (AvgIpc) is 2.82. The first-order valence-corrected chi connectivity index (χ1v) is 5.16. The maximum atomic E-state index is 5.94. The van der Waals surface area contributed by atoms with Crippen LogP contribution < -0.4 is 5.73 Å². The Hall–Kier alpha value is -1.61. The summed E-state index contributed by atoms with van der Waals surface area (Å²) in [7, 11) is 0. The summed E-state index contributed by atoms with van der Waals surface area (Å²) in [5.74, 6) is 0. The molecule has 3 nitrogen and oxygen atoms in total. The third-order valence-electron chi connectivity index (χ3n) is 2.61. The summed E-state index contributed by atoms with van der Waals surface area (Å²) in [4.78, 5) is 0. The number of hydrogen-bond donors (Lipinski definition) is 2. The SMILES string of the molecule is CCC(N)c1ccc(-c2cn[nH]c2)cc1. The first kappa shape index (κ1) is 9.93. The molecule has 1 atom stereocenters. The number of nitrogens with one attached hydrogen (secondary N) is 1. The lowest BCUT2D eigenvalue weighted by atomic mass is 10.0. The molecule has 1 heterocycles. The van der Waals surface area contributed by atoms with Crippen LogP contribution >= 0.6 is 0 Å². The Kier molecular flexibility index (Phi) is 2.83. The van der Waals surface area contributed by atoms with E-state index in [4.69, 9.17) is 5.73 Å². The van der Waals surface area contributed by atoms with Gasteiger partial charge in [0.2, 0.25) is 0 Å². The zero-order valence-corrected chi connectivity index (χ0v) is 8.77. The van der Waals surface area contributed by atoms with Gasteiger partial charge < -0.3 is 5.73 Å². The first-order chi connectivity index (χ1) is 7.31. The topological polar surface area (TPSA) is 54.7 Å². The molecule has 0 aliphatic carbocycles. The molecule has 3 heteroatoms. The van der Waals surface area contributed by atoms with Gasteiger partial charge in [0.1, 0.15) is 0 Å². The van der Waals surface area contributed by atoms with Crippen molar-refractivity contribution >= 4 is 0 Å². The second kappa shape index (κ2) is 4.28. The molecule has 78 valence electrons. The van der Waals surface area contributed by atoms with E-state index in [0.29, 0.717) is 0 Å². The molecule has 1 aromatic carbocycles. The quantitative estimate of drug-likeness (QED) is 0.801. The highest BCUT2D eigenvalue weighted by molar-refractivity contribution is 5.61. The largest absolute Gasteiger partial charge is 0.324 e. The van der Waals surface area contributed by atoms with Gasteiger partial charge in [0.05, 0.1) is 6.20 Å². The van der Waals surface area contributed by atoms with E-state index < -0.39 is 0 Å². The normalized spacial score (nSPS) is 12.7. The maximum Gasteiger partial charge on any atom is 0.0565 e. The monoisotopic (exact) mass is 201 g/mol. The van der Waals surface area contributed by atoms with Gasteiger partial charge in [0.25, 0.3) is 0 Å². The van der Waals surface area contributed by atoms with Crippen LogP contribution in [0.3, 0.4) is 0 Å². The van der Waals surface area contributed by atoms with Gasteiger partial charge in [-0.1, -0.05) is 31.2 Å². The predicted molar refractivity (Wildman–Crippen MR) is 61.2 cm³/mol. The number of aromatic nitrogens is 2. The van der Waals surface area contributed by atoms with Crippen LogP contribution in [0.1, 0.15) is 24.9 Å². The van der Waals surface area contributed by atoms with Gasteiger partial charge in [0.15, 0.2) is 0 Å². The van der Waals surface area contributed by atoms with Crippen LogP contribution in [0, 0.1) is 0 Å². The summed E-state index contributed by atoms with van der Waals surface area (Å²) in [6.45, 7) is 2.09. The van der Waals surface area contributed by atoms with E-state index in [-0.39, 0.29) is 6.04 Å². The summed E-state index contributed by atoms with van der Waals surface area (Å²) < 4.78 is 0. The van der Waals surface area contributed by atoms with E-state index in [2.05, 4.69) is 41.4 Å². The minimum atomic E-state index is 0.142. The molecule has 0 spiro atoms. The third kappa shape index (κ3) is 2.07. The molecule has 0 aliphatic rings. The van der Waals surface area contributed by atoms with Crippen molar-refractivity contribution in [2.45, 2.75) is 19.4 Å². The predicted octanol–water partition coefficient (Wildman–Crippen LogP) is 2.49. The van der Waals surface area contributed by atoms with Gasteiger partial charge in [0, 0.05) is 17.8 Å². The van der Waals surface area contributed by atoms with Crippen molar-refractivity contribution in [3.05, 3.63) is 42.2 Å². The summed E-state index contributed by atoms with van der Waals surface area (Å²) in [5, 5.41) is 6.72. The highest BCUT2D eigenvalue weighted by atomic mass is 15.1. The zero-order valence-electron chi connectivity index (χ0n) is 8.77. The van der Waals surface area contributed by atoms with E-state index >= 15 is 0 Å². The molecule has 0 bridgehead atoms. The third-order valence-corrected chi connectivity index (χ3v) is 2.61. The molecule has 0 fully saturated rings. The highest BCUT2D eigenvalue weighted by Crippen LogP contribution is 2.21. The van der Waals surface area contributed by atoms with Crippen LogP contribution in [0.15, 0.2) is 36.7 Å². The van der Waals surface area contributed by atoms with Crippen LogP contribution in [0.4, 0.5) is 0 Å². The second-order valence-electron chi connectivity index (χ2n) is 3.62. The number of rotatable bonds is 3. The number of aromatic amines is 1. The van der Waals surface area contributed by atoms with Crippen molar-refractivity contribution in [3.8, 4) is 11.1 Å². The molecule has 2 rings (SSSR count). The lowest BCUT2D eigenvalue weighted by Crippen LogP contribution is -2.07. The van der Waals surface area contributed by atoms with Crippen molar-refractivity contribution in [2.24, 2.45) is 5.73 Å². The van der Waals surface area contributed by atoms with Crippen molar-refractivity contribution < 1.29 is 0 Å². The van der Waals surface area contributed by atoms with Crippen LogP contribution in [-0.2, 0) is 0 Å². The molecule has 0 amide bonds.